The van der Waals surface area contributed by atoms with Crippen molar-refractivity contribution in [3.63, 3.8) is 0 Å². The summed E-state index contributed by atoms with van der Waals surface area (Å²) in [6, 6.07) is 0. The standard InChI is InChI=1S/C27H39NO12/c1-23(2)37-14-26(6,15-38-23)21(32)35-12-25(5,20(31)34-11-10-28-18(29)8-9-19(28)30)13-36-22(33)27(7)16-39-24(3,4)40-17-27/h8-9H,10-17H2,1-7H3. The molecule has 0 saturated carbocycles. The molecule has 3 aliphatic rings. The maximum atomic E-state index is 13.2. The van der Waals surface area contributed by atoms with Gasteiger partial charge >= 0.3 is 17.9 Å². The van der Waals surface area contributed by atoms with Gasteiger partial charge in [-0.15, -0.1) is 0 Å². The fraction of sp³-hybridized carbons (Fsp3) is 0.741. The van der Waals surface area contributed by atoms with Gasteiger partial charge in [-0.25, -0.2) is 0 Å². The van der Waals surface area contributed by atoms with E-state index in [9.17, 15) is 24.0 Å². The van der Waals surface area contributed by atoms with E-state index in [0.29, 0.717) is 0 Å². The van der Waals surface area contributed by atoms with Gasteiger partial charge < -0.3 is 33.2 Å². The Hall–Kier alpha value is -2.87. The molecule has 2 fully saturated rings. The van der Waals surface area contributed by atoms with E-state index in [2.05, 4.69) is 0 Å². The normalized spacial score (nSPS) is 23.0. The van der Waals surface area contributed by atoms with Crippen LogP contribution in [-0.2, 0) is 57.1 Å². The summed E-state index contributed by atoms with van der Waals surface area (Å²) in [5.74, 6) is -4.94. The van der Waals surface area contributed by atoms with Gasteiger partial charge in [0.05, 0.1) is 33.0 Å². The van der Waals surface area contributed by atoms with Crippen molar-refractivity contribution in [2.45, 2.75) is 60.0 Å². The van der Waals surface area contributed by atoms with Crippen molar-refractivity contribution >= 4 is 29.7 Å². The Morgan fingerprint density at radius 3 is 1.50 bits per heavy atom. The first-order chi connectivity index (χ1) is 18.4. The third-order valence-corrected chi connectivity index (χ3v) is 6.92. The second-order valence-electron chi connectivity index (χ2n) is 12.1. The molecule has 13 heteroatoms. The van der Waals surface area contributed by atoms with Gasteiger partial charge in [0.2, 0.25) is 0 Å². The molecule has 13 nitrogen and oxygen atoms in total. The SMILES string of the molecule is CC1(C)OCC(C)(C(=O)OCC(C)(COC(=O)C2(C)COC(C)(C)OC2)C(=O)OCCN2C(=O)C=CC2=O)CO1. The van der Waals surface area contributed by atoms with Crippen molar-refractivity contribution in [1.29, 1.82) is 0 Å². The number of imide groups is 1. The summed E-state index contributed by atoms with van der Waals surface area (Å²) >= 11 is 0. The van der Waals surface area contributed by atoms with Gasteiger partial charge in [-0.2, -0.15) is 0 Å². The molecule has 0 spiro atoms. The average Bonchev–Trinajstić information content (AvgIpc) is 3.21. The summed E-state index contributed by atoms with van der Waals surface area (Å²) in [5, 5.41) is 0. The molecule has 0 aromatic heterocycles. The number of esters is 3. The minimum absolute atomic E-state index is 0.0373. The number of hydrogen-bond donors (Lipinski definition) is 0. The van der Waals surface area contributed by atoms with E-state index in [1.807, 2.05) is 0 Å². The van der Waals surface area contributed by atoms with Gasteiger partial charge in [0.15, 0.2) is 11.6 Å². The number of nitrogens with zero attached hydrogens (tertiary/aromatic N) is 1. The Morgan fingerprint density at radius 2 is 1.12 bits per heavy atom. The van der Waals surface area contributed by atoms with E-state index >= 15 is 0 Å². The van der Waals surface area contributed by atoms with Crippen molar-refractivity contribution < 1.29 is 57.1 Å². The van der Waals surface area contributed by atoms with E-state index in [-0.39, 0.29) is 39.6 Å². The molecule has 3 rings (SSSR count). The molecule has 0 unspecified atom stereocenters. The molecule has 224 valence electrons. The number of carbonyl (C=O) groups is 5. The summed E-state index contributed by atoms with van der Waals surface area (Å²) in [7, 11) is 0. The van der Waals surface area contributed by atoms with Crippen LogP contribution < -0.4 is 0 Å². The van der Waals surface area contributed by atoms with E-state index in [4.69, 9.17) is 33.2 Å². The molecule has 0 bridgehead atoms. The largest absolute Gasteiger partial charge is 0.464 e. The van der Waals surface area contributed by atoms with Crippen LogP contribution in [-0.4, -0.2) is 99.0 Å². The average molecular weight is 570 g/mol. The number of rotatable bonds is 10. The Kier molecular flexibility index (Phi) is 9.14. The van der Waals surface area contributed by atoms with Crippen molar-refractivity contribution in [3.8, 4) is 0 Å². The highest BCUT2D eigenvalue weighted by Gasteiger charge is 2.48. The topological polar surface area (TPSA) is 153 Å². The molecular weight excluding hydrogens is 530 g/mol. The molecular formula is C27H39NO12. The quantitative estimate of drug-likeness (QED) is 0.210. The minimum atomic E-state index is -1.62. The Bertz CT molecular complexity index is 974. The zero-order valence-electron chi connectivity index (χ0n) is 24.2. The Balaban J connectivity index is 1.65. The highest BCUT2D eigenvalue weighted by Crippen LogP contribution is 2.33. The molecule has 40 heavy (non-hydrogen) atoms. The number of ether oxygens (including phenoxy) is 7. The fourth-order valence-corrected chi connectivity index (χ4v) is 3.75. The lowest BCUT2D eigenvalue weighted by Gasteiger charge is -2.40. The number of carbonyl (C=O) groups excluding carboxylic acids is 5. The van der Waals surface area contributed by atoms with E-state index in [1.54, 1.807) is 41.5 Å². The number of amides is 2. The van der Waals surface area contributed by atoms with Crippen LogP contribution in [0.2, 0.25) is 0 Å². The lowest BCUT2D eigenvalue weighted by atomic mass is 9.89. The van der Waals surface area contributed by atoms with E-state index < -0.39 is 70.8 Å². The first-order valence-corrected chi connectivity index (χ1v) is 13.0. The minimum Gasteiger partial charge on any atom is -0.464 e. The maximum absolute atomic E-state index is 13.2. The molecule has 0 atom stereocenters. The molecule has 0 radical (unpaired) electrons. The van der Waals surface area contributed by atoms with Gasteiger partial charge in [0.1, 0.15) is 36.1 Å². The summed E-state index contributed by atoms with van der Waals surface area (Å²) in [6.45, 7) is 10.2. The molecule has 2 saturated heterocycles. The summed E-state index contributed by atoms with van der Waals surface area (Å²) in [6.07, 6.45) is 2.24. The predicted octanol–water partition coefficient (Wildman–Crippen LogP) is 1.13. The van der Waals surface area contributed by atoms with Crippen LogP contribution in [0.15, 0.2) is 12.2 Å². The molecule has 3 aliphatic heterocycles. The van der Waals surface area contributed by atoms with E-state index in [0.717, 1.165) is 17.1 Å². The van der Waals surface area contributed by atoms with Gasteiger partial charge in [-0.1, -0.05) is 0 Å². The van der Waals surface area contributed by atoms with Crippen LogP contribution in [0, 0.1) is 16.2 Å². The highest BCUT2D eigenvalue weighted by atomic mass is 16.7. The molecule has 0 aromatic rings. The van der Waals surface area contributed by atoms with Crippen molar-refractivity contribution in [3.05, 3.63) is 12.2 Å². The van der Waals surface area contributed by atoms with Crippen LogP contribution in [0.25, 0.3) is 0 Å². The molecule has 0 aliphatic carbocycles. The second kappa shape index (κ2) is 11.6. The van der Waals surface area contributed by atoms with Crippen molar-refractivity contribution in [2.75, 3.05) is 52.8 Å². The Labute approximate surface area is 233 Å². The van der Waals surface area contributed by atoms with Crippen LogP contribution in [0.4, 0.5) is 0 Å². The monoisotopic (exact) mass is 569 g/mol. The summed E-state index contributed by atoms with van der Waals surface area (Å²) < 4.78 is 38.8. The van der Waals surface area contributed by atoms with Crippen molar-refractivity contribution in [1.82, 2.24) is 4.90 Å². The summed E-state index contributed by atoms with van der Waals surface area (Å²) in [5.41, 5.74) is -3.88. The first kappa shape index (κ1) is 31.7. The fourth-order valence-electron chi connectivity index (χ4n) is 3.75. The van der Waals surface area contributed by atoms with E-state index in [1.165, 1.54) is 6.92 Å². The number of hydrogen-bond acceptors (Lipinski definition) is 12. The first-order valence-electron chi connectivity index (χ1n) is 13.0. The zero-order valence-corrected chi connectivity index (χ0v) is 24.2. The molecule has 3 heterocycles. The lowest BCUT2D eigenvalue weighted by molar-refractivity contribution is -0.282. The third kappa shape index (κ3) is 7.45. The second-order valence-corrected chi connectivity index (χ2v) is 12.1. The lowest BCUT2D eigenvalue weighted by Crippen LogP contribution is -2.51. The van der Waals surface area contributed by atoms with Crippen LogP contribution in [0.5, 0.6) is 0 Å². The van der Waals surface area contributed by atoms with Crippen LogP contribution in [0.3, 0.4) is 0 Å². The smallest absolute Gasteiger partial charge is 0.318 e. The zero-order chi connectivity index (χ0) is 30.0. The van der Waals surface area contributed by atoms with Gasteiger partial charge in [0.25, 0.3) is 11.8 Å². The van der Waals surface area contributed by atoms with Crippen LogP contribution in [0.1, 0.15) is 48.5 Å². The van der Waals surface area contributed by atoms with Gasteiger partial charge in [-0.05, 0) is 48.5 Å². The predicted molar refractivity (Wildman–Crippen MR) is 135 cm³/mol. The van der Waals surface area contributed by atoms with Gasteiger partial charge in [-0.3, -0.25) is 28.9 Å². The molecule has 2 amide bonds. The maximum Gasteiger partial charge on any atom is 0.318 e. The van der Waals surface area contributed by atoms with Gasteiger partial charge in [0, 0.05) is 12.2 Å². The Morgan fingerprint density at radius 1 is 0.750 bits per heavy atom. The third-order valence-electron chi connectivity index (χ3n) is 6.92. The van der Waals surface area contributed by atoms with Crippen LogP contribution >= 0.6 is 0 Å². The molecule has 0 N–H and O–H groups in total. The van der Waals surface area contributed by atoms with Crippen molar-refractivity contribution in [2.24, 2.45) is 16.2 Å². The highest BCUT2D eigenvalue weighted by molar-refractivity contribution is 6.12. The summed E-state index contributed by atoms with van der Waals surface area (Å²) in [4.78, 5) is 63.7. The molecule has 0 aromatic carbocycles.